The minimum Gasteiger partial charge on any atom is -0.356 e. The molecule has 3 N–H and O–H groups in total. The molecule has 0 fully saturated rings. The van der Waals surface area contributed by atoms with Gasteiger partial charge >= 0.3 is 0 Å². The molecule has 1 rings (SSSR count). The molecular formula is C19H32N4O. The van der Waals surface area contributed by atoms with Gasteiger partial charge in [-0.3, -0.25) is 9.79 Å². The van der Waals surface area contributed by atoms with Crippen molar-refractivity contribution in [3.05, 3.63) is 35.4 Å². The van der Waals surface area contributed by atoms with Crippen molar-refractivity contribution in [3.63, 3.8) is 0 Å². The predicted molar refractivity (Wildman–Crippen MR) is 101 cm³/mol. The summed E-state index contributed by atoms with van der Waals surface area (Å²) >= 11 is 0. The van der Waals surface area contributed by atoms with Crippen molar-refractivity contribution in [2.45, 2.75) is 59.0 Å². The van der Waals surface area contributed by atoms with Gasteiger partial charge in [0.15, 0.2) is 5.96 Å². The topological polar surface area (TPSA) is 65.5 Å². The van der Waals surface area contributed by atoms with Gasteiger partial charge in [-0.2, -0.15) is 0 Å². The normalized spacial score (nSPS) is 12.6. The molecule has 0 spiro atoms. The van der Waals surface area contributed by atoms with Crippen LogP contribution in [0.15, 0.2) is 29.3 Å². The van der Waals surface area contributed by atoms with Crippen molar-refractivity contribution >= 4 is 11.9 Å². The van der Waals surface area contributed by atoms with Gasteiger partial charge in [-0.15, -0.1) is 0 Å². The van der Waals surface area contributed by atoms with Crippen molar-refractivity contribution < 1.29 is 4.79 Å². The highest BCUT2D eigenvalue weighted by Crippen LogP contribution is 2.06. The molecule has 1 aromatic carbocycles. The van der Waals surface area contributed by atoms with Crippen LogP contribution in [0.25, 0.3) is 0 Å². The van der Waals surface area contributed by atoms with E-state index in [1.54, 1.807) is 7.05 Å². The number of unbranched alkanes of at least 4 members (excludes halogenated alkanes) is 2. The Morgan fingerprint density at radius 2 is 2.00 bits per heavy atom. The second-order valence-corrected chi connectivity index (χ2v) is 6.04. The Kier molecular flexibility index (Phi) is 9.58. The van der Waals surface area contributed by atoms with E-state index in [1.807, 2.05) is 31.2 Å². The van der Waals surface area contributed by atoms with Gasteiger partial charge < -0.3 is 16.0 Å². The van der Waals surface area contributed by atoms with Crippen molar-refractivity contribution in [2.24, 2.45) is 4.99 Å². The van der Waals surface area contributed by atoms with Gasteiger partial charge in [-0.1, -0.05) is 38.8 Å². The molecule has 1 atom stereocenters. The van der Waals surface area contributed by atoms with Crippen LogP contribution < -0.4 is 16.0 Å². The quantitative estimate of drug-likeness (QED) is 0.370. The number of carbonyl (C=O) groups excluding carboxylic acids is 1. The van der Waals surface area contributed by atoms with E-state index in [4.69, 9.17) is 0 Å². The molecule has 0 saturated heterocycles. The number of aliphatic imine (C=N–C) groups is 1. The Labute approximate surface area is 146 Å². The first-order chi connectivity index (χ1) is 11.6. The third-order valence-corrected chi connectivity index (χ3v) is 3.94. The molecule has 0 aromatic heterocycles. The number of hydrogen-bond acceptors (Lipinski definition) is 2. The van der Waals surface area contributed by atoms with Crippen LogP contribution in [0, 0.1) is 0 Å². The molecule has 0 heterocycles. The van der Waals surface area contributed by atoms with E-state index in [2.05, 4.69) is 34.8 Å². The molecule has 134 valence electrons. The summed E-state index contributed by atoms with van der Waals surface area (Å²) in [6, 6.07) is 7.89. The number of nitrogens with one attached hydrogen (secondary N) is 3. The average molecular weight is 332 g/mol. The summed E-state index contributed by atoms with van der Waals surface area (Å²) in [5.41, 5.74) is 1.75. The lowest BCUT2D eigenvalue weighted by Gasteiger charge is -2.13. The maximum atomic E-state index is 12.2. The summed E-state index contributed by atoms with van der Waals surface area (Å²) in [6.07, 6.45) is 4.49. The number of benzene rings is 1. The molecule has 0 radical (unpaired) electrons. The number of rotatable bonds is 9. The summed E-state index contributed by atoms with van der Waals surface area (Å²) < 4.78 is 0. The smallest absolute Gasteiger partial charge is 0.251 e. The number of nitrogens with zero attached hydrogens (tertiary/aromatic N) is 1. The van der Waals surface area contributed by atoms with Gasteiger partial charge in [0.2, 0.25) is 0 Å². The average Bonchev–Trinajstić information content (AvgIpc) is 2.61. The second kappa shape index (κ2) is 11.5. The Hall–Kier alpha value is -2.04. The molecule has 1 amide bonds. The fourth-order valence-corrected chi connectivity index (χ4v) is 2.22. The van der Waals surface area contributed by atoms with Crippen molar-refractivity contribution in [1.29, 1.82) is 0 Å². The van der Waals surface area contributed by atoms with E-state index in [1.165, 1.54) is 12.8 Å². The number of amides is 1. The fourth-order valence-electron chi connectivity index (χ4n) is 2.22. The molecule has 0 saturated carbocycles. The van der Waals surface area contributed by atoms with E-state index in [0.717, 1.165) is 30.9 Å². The maximum Gasteiger partial charge on any atom is 0.251 e. The predicted octanol–water partition coefficient (Wildman–Crippen LogP) is 3.07. The Balaban J connectivity index is 2.53. The lowest BCUT2D eigenvalue weighted by Crippen LogP contribution is -2.37. The SMILES string of the molecule is CCCCCNC(=NC)NCc1cccc(C(=O)NC(C)CC)c1. The summed E-state index contributed by atoms with van der Waals surface area (Å²) in [4.78, 5) is 16.4. The van der Waals surface area contributed by atoms with Crippen LogP contribution in [-0.4, -0.2) is 31.5 Å². The molecule has 0 aliphatic rings. The Morgan fingerprint density at radius 1 is 1.21 bits per heavy atom. The zero-order valence-electron chi connectivity index (χ0n) is 15.5. The molecule has 1 unspecified atom stereocenters. The lowest BCUT2D eigenvalue weighted by molar-refractivity contribution is 0.0939. The van der Waals surface area contributed by atoms with Gasteiger partial charge in [-0.05, 0) is 37.5 Å². The van der Waals surface area contributed by atoms with Gasteiger partial charge in [0.1, 0.15) is 0 Å². The third kappa shape index (κ3) is 7.49. The largest absolute Gasteiger partial charge is 0.356 e. The maximum absolute atomic E-state index is 12.2. The Morgan fingerprint density at radius 3 is 2.67 bits per heavy atom. The van der Waals surface area contributed by atoms with E-state index in [9.17, 15) is 4.79 Å². The molecule has 5 heteroatoms. The van der Waals surface area contributed by atoms with Crippen LogP contribution in [0.3, 0.4) is 0 Å². The van der Waals surface area contributed by atoms with E-state index >= 15 is 0 Å². The summed E-state index contributed by atoms with van der Waals surface area (Å²) in [7, 11) is 1.77. The minimum absolute atomic E-state index is 0.0201. The second-order valence-electron chi connectivity index (χ2n) is 6.04. The number of hydrogen-bond donors (Lipinski definition) is 3. The van der Waals surface area contributed by atoms with Crippen LogP contribution in [-0.2, 0) is 6.54 Å². The van der Waals surface area contributed by atoms with Gasteiger partial charge in [0, 0.05) is 31.7 Å². The molecule has 0 bridgehead atoms. The van der Waals surface area contributed by atoms with Crippen LogP contribution in [0.5, 0.6) is 0 Å². The standard InChI is InChI=1S/C19H32N4O/c1-5-7-8-12-21-19(20-4)22-14-16-10-9-11-17(13-16)18(24)23-15(3)6-2/h9-11,13,15H,5-8,12,14H2,1-4H3,(H,23,24)(H2,20,21,22). The molecule has 5 nitrogen and oxygen atoms in total. The number of carbonyl (C=O) groups is 1. The van der Waals surface area contributed by atoms with Crippen LogP contribution in [0.2, 0.25) is 0 Å². The van der Waals surface area contributed by atoms with Gasteiger partial charge in [-0.25, -0.2) is 0 Å². The molecular weight excluding hydrogens is 300 g/mol. The highest BCUT2D eigenvalue weighted by molar-refractivity contribution is 5.94. The van der Waals surface area contributed by atoms with E-state index in [-0.39, 0.29) is 11.9 Å². The van der Waals surface area contributed by atoms with Crippen molar-refractivity contribution in [2.75, 3.05) is 13.6 Å². The van der Waals surface area contributed by atoms with E-state index < -0.39 is 0 Å². The highest BCUT2D eigenvalue weighted by Gasteiger charge is 2.09. The van der Waals surface area contributed by atoms with Crippen LogP contribution in [0.1, 0.15) is 62.4 Å². The zero-order valence-corrected chi connectivity index (χ0v) is 15.5. The van der Waals surface area contributed by atoms with Crippen LogP contribution in [0.4, 0.5) is 0 Å². The number of guanidine groups is 1. The van der Waals surface area contributed by atoms with Gasteiger partial charge in [0.05, 0.1) is 0 Å². The molecule has 0 aliphatic heterocycles. The lowest BCUT2D eigenvalue weighted by atomic mass is 10.1. The zero-order chi connectivity index (χ0) is 17.8. The highest BCUT2D eigenvalue weighted by atomic mass is 16.1. The summed E-state index contributed by atoms with van der Waals surface area (Å²) in [5, 5.41) is 9.59. The van der Waals surface area contributed by atoms with Crippen LogP contribution >= 0.6 is 0 Å². The monoisotopic (exact) mass is 332 g/mol. The first kappa shape index (κ1) is 20.0. The van der Waals surface area contributed by atoms with E-state index in [0.29, 0.717) is 12.1 Å². The fraction of sp³-hybridized carbons (Fsp3) is 0.579. The van der Waals surface area contributed by atoms with Gasteiger partial charge in [0.25, 0.3) is 5.91 Å². The molecule has 1 aromatic rings. The van der Waals surface area contributed by atoms with Crippen molar-refractivity contribution in [1.82, 2.24) is 16.0 Å². The Bertz CT molecular complexity index is 528. The molecule has 0 aliphatic carbocycles. The minimum atomic E-state index is -0.0201. The molecule has 24 heavy (non-hydrogen) atoms. The first-order valence-corrected chi connectivity index (χ1v) is 8.95. The van der Waals surface area contributed by atoms with Crippen molar-refractivity contribution in [3.8, 4) is 0 Å². The summed E-state index contributed by atoms with van der Waals surface area (Å²) in [5.74, 6) is 0.772. The first-order valence-electron chi connectivity index (χ1n) is 8.95. The summed E-state index contributed by atoms with van der Waals surface area (Å²) in [6.45, 7) is 7.82. The third-order valence-electron chi connectivity index (χ3n) is 3.94.